The van der Waals surface area contributed by atoms with Crippen LogP contribution in [0.1, 0.15) is 25.3 Å². The first-order valence-corrected chi connectivity index (χ1v) is 12.5. The van der Waals surface area contributed by atoms with Crippen molar-refractivity contribution in [3.8, 4) is 0 Å². The second kappa shape index (κ2) is 10.3. The summed E-state index contributed by atoms with van der Waals surface area (Å²) in [5.74, 6) is -0.459. The molecule has 4 rings (SSSR count). The second-order valence-corrected chi connectivity index (χ2v) is 9.91. The van der Waals surface area contributed by atoms with Gasteiger partial charge >= 0.3 is 0 Å². The fraction of sp³-hybridized carbons (Fsp3) is 0.250. The number of anilines is 2. The number of carbonyl (C=O) groups is 1. The Kier molecular flexibility index (Phi) is 7.21. The van der Waals surface area contributed by atoms with E-state index in [1.54, 1.807) is 4.90 Å². The third-order valence-corrected chi connectivity index (χ3v) is 7.59. The molecule has 0 aromatic heterocycles. The van der Waals surface area contributed by atoms with E-state index >= 15 is 0 Å². The molecule has 4 nitrogen and oxygen atoms in total. The van der Waals surface area contributed by atoms with E-state index in [0.29, 0.717) is 6.54 Å². The van der Waals surface area contributed by atoms with Gasteiger partial charge in [-0.15, -0.1) is 0 Å². The first-order chi connectivity index (χ1) is 16.0. The molecule has 1 unspecified atom stereocenters. The molecule has 0 radical (unpaired) electrons. The molecule has 3 aromatic rings. The van der Waals surface area contributed by atoms with Crippen LogP contribution < -0.4 is 4.90 Å². The molecule has 170 valence electrons. The first kappa shape index (κ1) is 23.1. The van der Waals surface area contributed by atoms with E-state index in [1.807, 2.05) is 96.2 Å². The van der Waals surface area contributed by atoms with Crippen LogP contribution in [0.15, 0.2) is 102 Å². The second-order valence-electron chi connectivity index (χ2n) is 8.47. The van der Waals surface area contributed by atoms with E-state index < -0.39 is 16.9 Å². The number of aryl methyl sites for hydroxylation is 1. The van der Waals surface area contributed by atoms with Crippen molar-refractivity contribution in [3.63, 3.8) is 0 Å². The lowest BCUT2D eigenvalue weighted by Gasteiger charge is -2.31. The normalized spacial score (nSPS) is 19.4. The van der Waals surface area contributed by atoms with Crippen molar-refractivity contribution in [2.45, 2.75) is 37.6 Å². The highest BCUT2D eigenvalue weighted by Gasteiger charge is 2.45. The molecule has 1 aliphatic rings. The fourth-order valence-electron chi connectivity index (χ4n) is 4.47. The Morgan fingerprint density at radius 2 is 1.52 bits per heavy atom. The molecule has 3 atom stereocenters. The molecule has 0 bridgehead atoms. The smallest absolute Gasteiger partial charge is 0.240 e. The third kappa shape index (κ3) is 4.85. The summed E-state index contributed by atoms with van der Waals surface area (Å²) in [4.78, 5) is 16.7. The summed E-state index contributed by atoms with van der Waals surface area (Å²) in [7, 11) is -1.36. The van der Waals surface area contributed by atoms with Crippen LogP contribution in [-0.4, -0.2) is 27.0 Å². The molecule has 0 saturated carbocycles. The summed E-state index contributed by atoms with van der Waals surface area (Å²) in [6.07, 6.45) is 1.66. The number of amides is 1. The van der Waals surface area contributed by atoms with Gasteiger partial charge in [0.25, 0.3) is 0 Å². The van der Waals surface area contributed by atoms with Gasteiger partial charge in [-0.25, -0.2) is 8.51 Å². The molecule has 1 aliphatic heterocycles. The van der Waals surface area contributed by atoms with Gasteiger partial charge in [0, 0.05) is 24.0 Å². The van der Waals surface area contributed by atoms with E-state index in [2.05, 4.69) is 13.5 Å². The van der Waals surface area contributed by atoms with Gasteiger partial charge in [-0.1, -0.05) is 74.0 Å². The highest BCUT2D eigenvalue weighted by Crippen LogP contribution is 2.38. The monoisotopic (exact) mass is 458 g/mol. The van der Waals surface area contributed by atoms with Crippen LogP contribution in [0.3, 0.4) is 0 Å². The lowest BCUT2D eigenvalue weighted by Crippen LogP contribution is -2.41. The number of hydrogen-bond acceptors (Lipinski definition) is 2. The van der Waals surface area contributed by atoms with Gasteiger partial charge in [0.1, 0.15) is 11.0 Å². The number of para-hydroxylation sites is 2. The number of carbonyl (C=O) groups excluding carboxylic acids is 1. The van der Waals surface area contributed by atoms with Crippen LogP contribution in [0.5, 0.6) is 0 Å². The molecule has 33 heavy (non-hydrogen) atoms. The van der Waals surface area contributed by atoms with E-state index in [-0.39, 0.29) is 11.9 Å². The standard InChI is InChI=1S/C28H30N2O2S/c1-4-11-26-27(22(3)20-29(26)33(32)25-18-16-21(2)17-19-25)28(31)30(23-12-7-5-8-13-23)24-14-9-6-10-15-24/h5-10,12-19,26-27H,3-4,11,20H2,1-2H3/t26-,27+,33?/m0/s1. The summed E-state index contributed by atoms with van der Waals surface area (Å²) < 4.78 is 15.5. The summed E-state index contributed by atoms with van der Waals surface area (Å²) in [6.45, 7) is 8.83. The first-order valence-electron chi connectivity index (χ1n) is 11.4. The highest BCUT2D eigenvalue weighted by molar-refractivity contribution is 7.82. The molecule has 0 spiro atoms. The van der Waals surface area contributed by atoms with Crippen molar-refractivity contribution < 1.29 is 9.00 Å². The Morgan fingerprint density at radius 3 is 2.03 bits per heavy atom. The van der Waals surface area contributed by atoms with Crippen molar-refractivity contribution in [2.75, 3.05) is 11.4 Å². The predicted molar refractivity (Wildman–Crippen MR) is 136 cm³/mol. The van der Waals surface area contributed by atoms with E-state index in [9.17, 15) is 9.00 Å². The summed E-state index contributed by atoms with van der Waals surface area (Å²) in [5.41, 5.74) is 3.57. The Balaban J connectivity index is 1.70. The lowest BCUT2D eigenvalue weighted by atomic mass is 9.92. The topological polar surface area (TPSA) is 40.6 Å². The van der Waals surface area contributed by atoms with Crippen LogP contribution in [0.2, 0.25) is 0 Å². The maximum absolute atomic E-state index is 14.1. The van der Waals surface area contributed by atoms with E-state index in [0.717, 1.165) is 40.2 Å². The van der Waals surface area contributed by atoms with E-state index in [1.165, 1.54) is 0 Å². The molecule has 3 aromatic carbocycles. The van der Waals surface area contributed by atoms with Crippen molar-refractivity contribution in [1.29, 1.82) is 0 Å². The van der Waals surface area contributed by atoms with Crippen molar-refractivity contribution in [3.05, 3.63) is 103 Å². The third-order valence-electron chi connectivity index (χ3n) is 6.09. The maximum Gasteiger partial charge on any atom is 0.240 e. The zero-order valence-corrected chi connectivity index (χ0v) is 20.0. The average Bonchev–Trinajstić information content (AvgIpc) is 3.16. The predicted octanol–water partition coefficient (Wildman–Crippen LogP) is 6.04. The SMILES string of the molecule is C=C1CN(S(=O)c2ccc(C)cc2)[C@@H](CCC)[C@@H]1C(=O)N(c1ccccc1)c1ccccc1. The van der Waals surface area contributed by atoms with Gasteiger partial charge in [0.2, 0.25) is 5.91 Å². The van der Waals surface area contributed by atoms with Crippen molar-refractivity contribution >= 4 is 28.3 Å². The lowest BCUT2D eigenvalue weighted by molar-refractivity contribution is -0.121. The Morgan fingerprint density at radius 1 is 0.970 bits per heavy atom. The van der Waals surface area contributed by atoms with Crippen LogP contribution >= 0.6 is 0 Å². The molecule has 1 saturated heterocycles. The minimum Gasteiger partial charge on any atom is -0.281 e. The molecule has 0 N–H and O–H groups in total. The highest BCUT2D eigenvalue weighted by atomic mass is 32.2. The van der Waals surface area contributed by atoms with Crippen molar-refractivity contribution in [1.82, 2.24) is 4.31 Å². The molecule has 5 heteroatoms. The van der Waals surface area contributed by atoms with Gasteiger partial charge in [-0.3, -0.25) is 9.69 Å². The van der Waals surface area contributed by atoms with Gasteiger partial charge < -0.3 is 0 Å². The van der Waals surface area contributed by atoms with E-state index in [4.69, 9.17) is 0 Å². The number of rotatable bonds is 7. The van der Waals surface area contributed by atoms with Gasteiger partial charge in [0.15, 0.2) is 0 Å². The molecular weight excluding hydrogens is 428 g/mol. The van der Waals surface area contributed by atoms with Crippen LogP contribution in [0.4, 0.5) is 11.4 Å². The largest absolute Gasteiger partial charge is 0.281 e. The zero-order chi connectivity index (χ0) is 23.4. The van der Waals surface area contributed by atoms with Crippen LogP contribution in [0, 0.1) is 12.8 Å². The zero-order valence-electron chi connectivity index (χ0n) is 19.2. The molecule has 1 heterocycles. The minimum atomic E-state index is -1.36. The van der Waals surface area contributed by atoms with Gasteiger partial charge in [-0.2, -0.15) is 0 Å². The molecular formula is C28H30N2O2S. The minimum absolute atomic E-state index is 0.0285. The number of nitrogens with zero attached hydrogens (tertiary/aromatic N) is 2. The maximum atomic E-state index is 14.1. The molecule has 1 fully saturated rings. The Bertz CT molecular complexity index is 1090. The molecule has 1 amide bonds. The van der Waals surface area contributed by atoms with Gasteiger partial charge in [-0.05, 0) is 55.3 Å². The summed E-state index contributed by atoms with van der Waals surface area (Å²) in [6, 6.07) is 27.0. The van der Waals surface area contributed by atoms with Gasteiger partial charge in [0.05, 0.1) is 10.8 Å². The average molecular weight is 459 g/mol. The number of benzene rings is 3. The Labute approximate surface area is 199 Å². The molecule has 0 aliphatic carbocycles. The van der Waals surface area contributed by atoms with Crippen LogP contribution in [-0.2, 0) is 15.8 Å². The van der Waals surface area contributed by atoms with Crippen molar-refractivity contribution in [2.24, 2.45) is 5.92 Å². The quantitative estimate of drug-likeness (QED) is 0.405. The summed E-state index contributed by atoms with van der Waals surface area (Å²) in [5, 5.41) is 0. The fourth-order valence-corrected chi connectivity index (χ4v) is 5.86. The number of hydrogen-bond donors (Lipinski definition) is 0. The Hall–Kier alpha value is -3.02. The summed E-state index contributed by atoms with van der Waals surface area (Å²) >= 11 is 0. The van der Waals surface area contributed by atoms with Crippen LogP contribution in [0.25, 0.3) is 0 Å².